The van der Waals surface area contributed by atoms with Gasteiger partial charge in [0.15, 0.2) is 6.10 Å². The van der Waals surface area contributed by atoms with Crippen LogP contribution >= 0.6 is 0 Å². The summed E-state index contributed by atoms with van der Waals surface area (Å²) in [6.07, 6.45) is -0.170. The van der Waals surface area contributed by atoms with Crippen molar-refractivity contribution in [1.82, 2.24) is 4.90 Å². The molecule has 0 aliphatic carbocycles. The highest BCUT2D eigenvalue weighted by atomic mass is 16.5. The molecule has 19 heavy (non-hydrogen) atoms. The second-order valence-electron chi connectivity index (χ2n) is 4.35. The molecule has 0 N–H and O–H groups in total. The molecule has 1 heterocycles. The Morgan fingerprint density at radius 3 is 2.89 bits per heavy atom. The number of rotatable bonds is 3. The lowest BCUT2D eigenvalue weighted by atomic mass is 10.1. The number of benzene rings is 1. The summed E-state index contributed by atoms with van der Waals surface area (Å²) in [5.74, 6) is 0.792. The molecule has 1 aliphatic rings. The van der Waals surface area contributed by atoms with Crippen LogP contribution in [0.5, 0.6) is 5.75 Å². The predicted molar refractivity (Wildman–Crippen MR) is 68.6 cm³/mol. The first-order valence-electron chi connectivity index (χ1n) is 6.15. The maximum Gasteiger partial charge on any atom is 0.227 e. The van der Waals surface area contributed by atoms with Crippen LogP contribution in [0.4, 0.5) is 0 Å². The maximum atomic E-state index is 12.1. The molecule has 0 bridgehead atoms. The van der Waals surface area contributed by atoms with Gasteiger partial charge in [0.05, 0.1) is 32.8 Å². The number of amides is 1. The van der Waals surface area contributed by atoms with E-state index in [0.29, 0.717) is 26.1 Å². The second kappa shape index (κ2) is 6.21. The van der Waals surface area contributed by atoms with E-state index in [9.17, 15) is 4.79 Å². The van der Waals surface area contributed by atoms with Gasteiger partial charge in [0.25, 0.3) is 0 Å². The third-order valence-corrected chi connectivity index (χ3v) is 3.08. The predicted octanol–water partition coefficient (Wildman–Crippen LogP) is 0.989. The first-order valence-corrected chi connectivity index (χ1v) is 6.15. The molecule has 2 rings (SSSR count). The number of morpholine rings is 1. The van der Waals surface area contributed by atoms with Crippen LogP contribution in [0.2, 0.25) is 0 Å². The number of nitrogens with zero attached hydrogens (tertiary/aromatic N) is 2. The Labute approximate surface area is 112 Å². The van der Waals surface area contributed by atoms with Crippen LogP contribution in [-0.4, -0.2) is 43.7 Å². The van der Waals surface area contributed by atoms with Gasteiger partial charge in [0.2, 0.25) is 5.91 Å². The average Bonchev–Trinajstić information content (AvgIpc) is 2.48. The zero-order valence-electron chi connectivity index (χ0n) is 10.8. The fraction of sp³-hybridized carbons (Fsp3) is 0.429. The minimum atomic E-state index is -0.506. The lowest BCUT2D eigenvalue weighted by Crippen LogP contribution is -2.45. The van der Waals surface area contributed by atoms with Crippen LogP contribution in [-0.2, 0) is 16.0 Å². The summed E-state index contributed by atoms with van der Waals surface area (Å²) in [6.45, 7) is 1.32. The molecule has 1 unspecified atom stereocenters. The van der Waals surface area contributed by atoms with Gasteiger partial charge in [-0.2, -0.15) is 5.26 Å². The highest BCUT2D eigenvalue weighted by molar-refractivity contribution is 5.79. The van der Waals surface area contributed by atoms with Crippen molar-refractivity contribution in [1.29, 1.82) is 5.26 Å². The Bertz CT molecular complexity index is 478. The topological polar surface area (TPSA) is 62.6 Å². The molecule has 0 spiro atoms. The number of carbonyl (C=O) groups is 1. The molecule has 5 nitrogen and oxygen atoms in total. The van der Waals surface area contributed by atoms with Gasteiger partial charge in [0.1, 0.15) is 5.75 Å². The van der Waals surface area contributed by atoms with Crippen molar-refractivity contribution in [3.05, 3.63) is 29.8 Å². The van der Waals surface area contributed by atoms with Gasteiger partial charge in [0, 0.05) is 6.54 Å². The quantitative estimate of drug-likeness (QED) is 0.813. The smallest absolute Gasteiger partial charge is 0.227 e. The molecular weight excluding hydrogens is 244 g/mol. The van der Waals surface area contributed by atoms with E-state index in [1.807, 2.05) is 30.3 Å². The van der Waals surface area contributed by atoms with Crippen LogP contribution in [0.3, 0.4) is 0 Å². The Hall–Kier alpha value is -2.06. The molecule has 1 amide bonds. The summed E-state index contributed by atoms with van der Waals surface area (Å²) in [7, 11) is 1.61. The van der Waals surface area contributed by atoms with Crippen molar-refractivity contribution in [3.63, 3.8) is 0 Å². The van der Waals surface area contributed by atoms with Crippen LogP contribution < -0.4 is 4.74 Å². The normalized spacial score (nSPS) is 18.7. The monoisotopic (exact) mass is 260 g/mol. The van der Waals surface area contributed by atoms with E-state index in [-0.39, 0.29) is 5.91 Å². The van der Waals surface area contributed by atoms with Crippen LogP contribution in [0.1, 0.15) is 5.56 Å². The first kappa shape index (κ1) is 13.4. The summed E-state index contributed by atoms with van der Waals surface area (Å²) in [6, 6.07) is 9.45. The molecule has 100 valence electrons. The lowest BCUT2D eigenvalue weighted by Gasteiger charge is -2.29. The number of carbonyl (C=O) groups excluding carboxylic acids is 1. The summed E-state index contributed by atoms with van der Waals surface area (Å²) in [5.41, 5.74) is 0.936. The average molecular weight is 260 g/mol. The highest BCUT2D eigenvalue weighted by Gasteiger charge is 2.23. The molecular formula is C14H16N2O3. The van der Waals surface area contributed by atoms with Gasteiger partial charge in [-0.15, -0.1) is 0 Å². The van der Waals surface area contributed by atoms with E-state index in [2.05, 4.69) is 0 Å². The van der Waals surface area contributed by atoms with Crippen LogP contribution in [0, 0.1) is 11.3 Å². The van der Waals surface area contributed by atoms with Crippen molar-refractivity contribution in [2.45, 2.75) is 12.5 Å². The van der Waals surface area contributed by atoms with Gasteiger partial charge in [-0.05, 0) is 17.7 Å². The van der Waals surface area contributed by atoms with E-state index in [0.717, 1.165) is 11.3 Å². The van der Waals surface area contributed by atoms with Crippen molar-refractivity contribution >= 4 is 5.91 Å². The summed E-state index contributed by atoms with van der Waals surface area (Å²) in [4.78, 5) is 13.8. The second-order valence-corrected chi connectivity index (χ2v) is 4.35. The number of hydrogen-bond acceptors (Lipinski definition) is 4. The van der Waals surface area contributed by atoms with Crippen LogP contribution in [0.15, 0.2) is 24.3 Å². The molecule has 1 saturated heterocycles. The molecule has 0 radical (unpaired) electrons. The number of nitriles is 1. The van der Waals surface area contributed by atoms with Crippen molar-refractivity contribution in [2.24, 2.45) is 0 Å². The molecule has 0 aromatic heterocycles. The third kappa shape index (κ3) is 3.46. The van der Waals surface area contributed by atoms with E-state index < -0.39 is 6.10 Å². The Morgan fingerprint density at radius 1 is 1.53 bits per heavy atom. The van der Waals surface area contributed by atoms with Gasteiger partial charge < -0.3 is 14.4 Å². The van der Waals surface area contributed by atoms with Gasteiger partial charge in [-0.3, -0.25) is 4.79 Å². The largest absolute Gasteiger partial charge is 0.497 e. The Balaban J connectivity index is 1.94. The lowest BCUT2D eigenvalue weighted by molar-refractivity contribution is -0.136. The molecule has 0 saturated carbocycles. The minimum Gasteiger partial charge on any atom is -0.497 e. The standard InChI is InChI=1S/C14H16N2O3/c1-18-12-4-2-11(3-5-12)8-14(17)16-6-7-19-13(9-15)10-16/h2-5,13H,6-8,10H2,1H3. The maximum absolute atomic E-state index is 12.1. The van der Waals surface area contributed by atoms with Crippen molar-refractivity contribution in [2.75, 3.05) is 26.8 Å². The summed E-state index contributed by atoms with van der Waals surface area (Å²) in [5, 5.41) is 8.81. The van der Waals surface area contributed by atoms with E-state index >= 15 is 0 Å². The zero-order chi connectivity index (χ0) is 13.7. The fourth-order valence-corrected chi connectivity index (χ4v) is 1.98. The fourth-order valence-electron chi connectivity index (χ4n) is 1.98. The zero-order valence-corrected chi connectivity index (χ0v) is 10.8. The summed E-state index contributed by atoms with van der Waals surface area (Å²) >= 11 is 0. The number of methoxy groups -OCH3 is 1. The Kier molecular flexibility index (Phi) is 4.37. The number of hydrogen-bond donors (Lipinski definition) is 0. The molecule has 1 aromatic rings. The molecule has 1 atom stereocenters. The van der Waals surface area contributed by atoms with E-state index in [1.165, 1.54) is 0 Å². The van der Waals surface area contributed by atoms with Gasteiger partial charge in [-0.25, -0.2) is 0 Å². The Morgan fingerprint density at radius 2 is 2.26 bits per heavy atom. The highest BCUT2D eigenvalue weighted by Crippen LogP contribution is 2.13. The number of ether oxygens (including phenoxy) is 2. The molecule has 5 heteroatoms. The minimum absolute atomic E-state index is 0.0220. The third-order valence-electron chi connectivity index (χ3n) is 3.08. The van der Waals surface area contributed by atoms with Gasteiger partial charge in [-0.1, -0.05) is 12.1 Å². The van der Waals surface area contributed by atoms with E-state index in [1.54, 1.807) is 12.0 Å². The SMILES string of the molecule is COc1ccc(CC(=O)N2CCOC(C#N)C2)cc1. The molecule has 1 fully saturated rings. The summed E-state index contributed by atoms with van der Waals surface area (Å²) < 4.78 is 10.3. The van der Waals surface area contributed by atoms with E-state index in [4.69, 9.17) is 14.7 Å². The van der Waals surface area contributed by atoms with Crippen molar-refractivity contribution in [3.8, 4) is 11.8 Å². The molecule has 1 aliphatic heterocycles. The van der Waals surface area contributed by atoms with Crippen molar-refractivity contribution < 1.29 is 14.3 Å². The van der Waals surface area contributed by atoms with Crippen LogP contribution in [0.25, 0.3) is 0 Å². The molecule has 1 aromatic carbocycles. The first-order chi connectivity index (χ1) is 9.22. The van der Waals surface area contributed by atoms with Gasteiger partial charge >= 0.3 is 0 Å².